The second kappa shape index (κ2) is 14.0. The molecule has 0 aromatic heterocycles. The minimum Gasteiger partial charge on any atom is -0.399 e. The van der Waals surface area contributed by atoms with Gasteiger partial charge in [0.05, 0.1) is 33.6 Å². The molecule has 0 saturated heterocycles. The number of anilines is 4. The van der Waals surface area contributed by atoms with Crippen molar-refractivity contribution >= 4 is 58.1 Å². The largest absolute Gasteiger partial charge is 0.399 e. The van der Waals surface area contributed by atoms with Gasteiger partial charge in [0.25, 0.3) is 29.5 Å². The van der Waals surface area contributed by atoms with Gasteiger partial charge in [0.2, 0.25) is 0 Å². The lowest BCUT2D eigenvalue weighted by atomic mass is 9.78. The molecule has 0 saturated carbocycles. The molecule has 0 bridgehead atoms. The van der Waals surface area contributed by atoms with Gasteiger partial charge in [-0.2, -0.15) is 0 Å². The molecule has 280 valence electrons. The third-order valence-electron chi connectivity index (χ3n) is 10.7. The number of benzene rings is 6. The molecule has 0 spiro atoms. The summed E-state index contributed by atoms with van der Waals surface area (Å²) in [6.45, 7) is 6.02. The molecule has 57 heavy (non-hydrogen) atoms. The second-order valence-corrected chi connectivity index (χ2v) is 14.8. The van der Waals surface area contributed by atoms with Crippen molar-refractivity contribution in [1.29, 1.82) is 0 Å². The molecular formula is C47H36N4O6. The Morgan fingerprint density at radius 1 is 0.561 bits per heavy atom. The number of nitrogens with one attached hydrogen (secondary N) is 1. The van der Waals surface area contributed by atoms with Gasteiger partial charge in [-0.3, -0.25) is 28.8 Å². The van der Waals surface area contributed by atoms with Crippen LogP contribution in [0, 0.1) is 6.92 Å². The smallest absolute Gasteiger partial charge is 0.266 e. The van der Waals surface area contributed by atoms with Gasteiger partial charge in [-0.1, -0.05) is 74.0 Å². The highest BCUT2D eigenvalue weighted by atomic mass is 16.2. The quantitative estimate of drug-likeness (QED) is 0.0860. The predicted octanol–water partition coefficient (Wildman–Crippen LogP) is 8.18. The molecule has 10 heteroatoms. The average Bonchev–Trinajstić information content (AvgIpc) is 3.62. The van der Waals surface area contributed by atoms with E-state index in [-0.39, 0.29) is 40.0 Å². The number of amides is 5. The number of nitrogens with two attached hydrogens (primary N) is 1. The van der Waals surface area contributed by atoms with Crippen molar-refractivity contribution in [3.63, 3.8) is 0 Å². The number of hydrogen-bond acceptors (Lipinski definition) is 7. The topological polar surface area (TPSA) is 147 Å². The van der Waals surface area contributed by atoms with E-state index in [9.17, 15) is 28.8 Å². The maximum absolute atomic E-state index is 13.6. The molecule has 0 aliphatic carbocycles. The van der Waals surface area contributed by atoms with Crippen molar-refractivity contribution < 1.29 is 28.8 Å². The summed E-state index contributed by atoms with van der Waals surface area (Å²) in [4.78, 5) is 82.3. The summed E-state index contributed by atoms with van der Waals surface area (Å²) in [5.41, 5.74) is 12.2. The van der Waals surface area contributed by atoms with Crippen molar-refractivity contribution in [3.8, 4) is 0 Å². The molecule has 3 N–H and O–H groups in total. The van der Waals surface area contributed by atoms with Crippen molar-refractivity contribution in [2.45, 2.75) is 32.6 Å². The Bertz CT molecular complexity index is 2480. The second-order valence-electron chi connectivity index (χ2n) is 14.8. The van der Waals surface area contributed by atoms with Crippen LogP contribution in [0.4, 0.5) is 22.7 Å². The fourth-order valence-electron chi connectivity index (χ4n) is 7.25. The Morgan fingerprint density at radius 2 is 1.02 bits per heavy atom. The molecular weight excluding hydrogens is 717 g/mol. The van der Waals surface area contributed by atoms with Crippen LogP contribution in [-0.4, -0.2) is 35.3 Å². The van der Waals surface area contributed by atoms with Crippen LogP contribution in [0.25, 0.3) is 0 Å². The van der Waals surface area contributed by atoms with Crippen LogP contribution in [0.5, 0.6) is 0 Å². The molecule has 2 heterocycles. The van der Waals surface area contributed by atoms with Crippen LogP contribution in [0.3, 0.4) is 0 Å². The van der Waals surface area contributed by atoms with Gasteiger partial charge in [0, 0.05) is 34.3 Å². The van der Waals surface area contributed by atoms with Crippen LogP contribution >= 0.6 is 0 Å². The van der Waals surface area contributed by atoms with E-state index in [1.54, 1.807) is 60.7 Å². The molecule has 6 aromatic carbocycles. The Hall–Kier alpha value is -7.46. The van der Waals surface area contributed by atoms with Gasteiger partial charge in [0.15, 0.2) is 5.78 Å². The van der Waals surface area contributed by atoms with Gasteiger partial charge in [0.1, 0.15) is 0 Å². The first kappa shape index (κ1) is 36.5. The maximum Gasteiger partial charge on any atom is 0.266 e. The van der Waals surface area contributed by atoms with E-state index in [1.165, 1.54) is 24.3 Å². The van der Waals surface area contributed by atoms with Crippen LogP contribution < -0.4 is 20.9 Å². The molecule has 6 aromatic rings. The molecule has 0 atom stereocenters. The lowest BCUT2D eigenvalue weighted by Gasteiger charge is -2.27. The first-order chi connectivity index (χ1) is 27.3. The normalized spacial score (nSPS) is 13.5. The molecule has 0 unspecified atom stereocenters. The Morgan fingerprint density at radius 3 is 1.53 bits per heavy atom. The van der Waals surface area contributed by atoms with Crippen LogP contribution in [0.1, 0.15) is 98.2 Å². The summed E-state index contributed by atoms with van der Waals surface area (Å²) < 4.78 is 0. The average molecular weight is 753 g/mol. The molecule has 0 radical (unpaired) electrons. The summed E-state index contributed by atoms with van der Waals surface area (Å²) in [6, 6.07) is 37.7. The number of carbonyl (C=O) groups excluding carboxylic acids is 6. The Labute approximate surface area is 328 Å². The van der Waals surface area contributed by atoms with E-state index < -0.39 is 35.0 Å². The molecule has 0 fully saturated rings. The molecule has 2 aliphatic rings. The van der Waals surface area contributed by atoms with E-state index in [0.717, 1.165) is 32.1 Å². The molecule has 10 nitrogen and oxygen atoms in total. The standard InChI is InChI=1S/C47H36N4O6/c1-27-4-6-28(7-5-27)24-41(52)29-8-22-37-39(25-29)45(56)50(43(37)54)35-18-10-31(11-19-35)47(2,3)32-12-20-36(21-13-32)51-44(55)38-23-9-30(26-40(38)46(51)57)42(53)49-34-16-14-33(48)15-17-34/h4-23,25-26H,24,48H2,1-3H3,(H,49,53). The highest BCUT2D eigenvalue weighted by molar-refractivity contribution is 6.35. The number of imide groups is 2. The van der Waals surface area contributed by atoms with E-state index in [4.69, 9.17) is 5.73 Å². The summed E-state index contributed by atoms with van der Waals surface area (Å²) in [6.07, 6.45) is 0.183. The number of ketones is 1. The zero-order valence-electron chi connectivity index (χ0n) is 31.3. The lowest BCUT2D eigenvalue weighted by molar-refractivity contribution is 0.0910. The minimum absolute atomic E-state index is 0.138. The van der Waals surface area contributed by atoms with Gasteiger partial charge in [-0.05, 0) is 102 Å². The summed E-state index contributed by atoms with van der Waals surface area (Å²) in [7, 11) is 0. The summed E-state index contributed by atoms with van der Waals surface area (Å²) in [5, 5.41) is 2.77. The van der Waals surface area contributed by atoms with Gasteiger partial charge >= 0.3 is 0 Å². The van der Waals surface area contributed by atoms with Gasteiger partial charge in [-0.25, -0.2) is 9.80 Å². The number of fused-ring (bicyclic) bond motifs is 2. The molecule has 5 amide bonds. The highest BCUT2D eigenvalue weighted by Gasteiger charge is 2.39. The fourth-order valence-corrected chi connectivity index (χ4v) is 7.25. The van der Waals surface area contributed by atoms with Gasteiger partial charge in [-0.15, -0.1) is 0 Å². The van der Waals surface area contributed by atoms with Crippen molar-refractivity contribution in [2.24, 2.45) is 0 Å². The number of nitrogen functional groups attached to an aromatic ring is 1. The third-order valence-corrected chi connectivity index (χ3v) is 10.7. The zero-order valence-corrected chi connectivity index (χ0v) is 31.3. The van der Waals surface area contributed by atoms with E-state index in [1.807, 2.05) is 69.3 Å². The Kier molecular flexibility index (Phi) is 8.96. The lowest BCUT2D eigenvalue weighted by Crippen LogP contribution is -2.30. The number of Topliss-reactive ketones (excluding diaryl/α,β-unsaturated/α-hetero) is 1. The van der Waals surface area contributed by atoms with E-state index in [2.05, 4.69) is 5.32 Å². The summed E-state index contributed by atoms with van der Waals surface area (Å²) >= 11 is 0. The maximum atomic E-state index is 13.6. The number of nitrogens with zero attached hydrogens (tertiary/aromatic N) is 2. The van der Waals surface area contributed by atoms with Crippen molar-refractivity contribution in [3.05, 3.63) is 189 Å². The van der Waals surface area contributed by atoms with Crippen LogP contribution in [0.2, 0.25) is 0 Å². The molecule has 2 aliphatic heterocycles. The first-order valence-corrected chi connectivity index (χ1v) is 18.3. The van der Waals surface area contributed by atoms with Gasteiger partial charge < -0.3 is 11.1 Å². The highest BCUT2D eigenvalue weighted by Crippen LogP contribution is 2.37. The first-order valence-electron chi connectivity index (χ1n) is 18.3. The van der Waals surface area contributed by atoms with E-state index >= 15 is 0 Å². The number of aryl methyl sites for hydroxylation is 1. The monoisotopic (exact) mass is 752 g/mol. The Balaban J connectivity index is 0.958. The SMILES string of the molecule is Cc1ccc(CC(=O)c2ccc3c(c2)C(=O)N(c2ccc(C(C)(C)c4ccc(N5C(=O)c6ccc(C(=O)Nc7ccc(N)cc7)cc6C5=O)cc4)cc2)C3=O)cc1. The zero-order chi connectivity index (χ0) is 40.2. The predicted molar refractivity (Wildman–Crippen MR) is 218 cm³/mol. The number of carbonyl (C=O) groups is 6. The number of rotatable bonds is 9. The van der Waals surface area contributed by atoms with Crippen LogP contribution in [0.15, 0.2) is 133 Å². The van der Waals surface area contributed by atoms with Crippen LogP contribution in [-0.2, 0) is 11.8 Å². The van der Waals surface area contributed by atoms with Crippen molar-refractivity contribution in [1.82, 2.24) is 0 Å². The summed E-state index contributed by atoms with van der Waals surface area (Å²) in [5.74, 6) is -2.54. The molecule has 8 rings (SSSR count). The number of hydrogen-bond donors (Lipinski definition) is 2. The fraction of sp³-hybridized carbons (Fsp3) is 0.106. The third kappa shape index (κ3) is 6.57. The minimum atomic E-state index is -0.555. The van der Waals surface area contributed by atoms with E-state index in [0.29, 0.717) is 28.3 Å². The van der Waals surface area contributed by atoms with Crippen molar-refractivity contribution in [2.75, 3.05) is 20.9 Å².